The maximum atomic E-state index is 12.4. The van der Waals surface area contributed by atoms with Gasteiger partial charge in [0.25, 0.3) is 5.91 Å². The summed E-state index contributed by atoms with van der Waals surface area (Å²) in [5.74, 6) is 0.860. The maximum Gasteiger partial charge on any atom is 0.251 e. The topological polar surface area (TPSA) is 70.7 Å². The molecule has 1 saturated carbocycles. The summed E-state index contributed by atoms with van der Waals surface area (Å²) in [6.45, 7) is 1.88. The molecule has 0 saturated heterocycles. The summed E-state index contributed by atoms with van der Waals surface area (Å²) in [5, 5.41) is 5.79. The fraction of sp³-hybridized carbons (Fsp3) is 0.364. The lowest BCUT2D eigenvalue weighted by molar-refractivity contribution is -0.117. The summed E-state index contributed by atoms with van der Waals surface area (Å²) in [7, 11) is 4.01. The van der Waals surface area contributed by atoms with Gasteiger partial charge in [-0.15, -0.1) is 0 Å². The van der Waals surface area contributed by atoms with E-state index in [2.05, 4.69) is 15.5 Å². The van der Waals surface area contributed by atoms with Gasteiger partial charge in [0.2, 0.25) is 5.91 Å². The summed E-state index contributed by atoms with van der Waals surface area (Å²) in [6.07, 6.45) is 1.93. The van der Waals surface area contributed by atoms with Crippen molar-refractivity contribution in [3.05, 3.63) is 59.7 Å². The van der Waals surface area contributed by atoms with Crippen molar-refractivity contribution in [1.82, 2.24) is 10.2 Å². The van der Waals surface area contributed by atoms with Crippen LogP contribution < -0.4 is 15.4 Å². The summed E-state index contributed by atoms with van der Waals surface area (Å²) < 4.78 is 5.73. The fourth-order valence-electron chi connectivity index (χ4n) is 2.67. The largest absolute Gasteiger partial charge is 0.492 e. The molecule has 2 amide bonds. The Balaban J connectivity index is 1.48. The van der Waals surface area contributed by atoms with Crippen LogP contribution in [-0.4, -0.2) is 44.0 Å². The van der Waals surface area contributed by atoms with Crippen LogP contribution in [0.5, 0.6) is 5.75 Å². The van der Waals surface area contributed by atoms with Crippen LogP contribution in [0.25, 0.3) is 0 Å². The molecule has 1 fully saturated rings. The fourth-order valence-corrected chi connectivity index (χ4v) is 2.67. The van der Waals surface area contributed by atoms with Crippen LogP contribution in [-0.2, 0) is 11.3 Å². The third-order valence-corrected chi connectivity index (χ3v) is 4.52. The quantitative estimate of drug-likeness (QED) is 0.701. The minimum absolute atomic E-state index is 0.0601. The minimum Gasteiger partial charge on any atom is -0.492 e. The minimum atomic E-state index is -0.154. The van der Waals surface area contributed by atoms with E-state index in [4.69, 9.17) is 4.74 Å². The molecular formula is C22H27N3O3. The standard InChI is InChI=1S/C22H27N3O3/c1-25(2)12-13-28-20-5-3-4-16(14-20)15-23-21(26)17-8-10-19(11-9-17)24-22(27)18-6-7-18/h3-5,8-11,14,18H,6-7,12-13,15H2,1-2H3,(H,23,26)(H,24,27). The van der Waals surface area contributed by atoms with Crippen molar-refractivity contribution in [3.63, 3.8) is 0 Å². The number of rotatable bonds is 9. The Morgan fingerprint density at radius 2 is 1.86 bits per heavy atom. The zero-order chi connectivity index (χ0) is 19.9. The normalized spacial score (nSPS) is 13.2. The van der Waals surface area contributed by atoms with E-state index in [1.807, 2.05) is 38.4 Å². The number of amides is 2. The van der Waals surface area contributed by atoms with Crippen LogP contribution in [0.4, 0.5) is 5.69 Å². The van der Waals surface area contributed by atoms with Crippen LogP contribution in [0.1, 0.15) is 28.8 Å². The summed E-state index contributed by atoms with van der Waals surface area (Å²) in [6, 6.07) is 14.7. The summed E-state index contributed by atoms with van der Waals surface area (Å²) in [4.78, 5) is 26.2. The SMILES string of the molecule is CN(C)CCOc1cccc(CNC(=O)c2ccc(NC(=O)C3CC3)cc2)c1. The average molecular weight is 381 g/mol. The molecule has 0 atom stereocenters. The molecule has 6 nitrogen and oxygen atoms in total. The van der Waals surface area contributed by atoms with E-state index in [1.54, 1.807) is 24.3 Å². The number of nitrogens with one attached hydrogen (secondary N) is 2. The number of carbonyl (C=O) groups excluding carboxylic acids is 2. The first-order chi connectivity index (χ1) is 13.5. The van der Waals surface area contributed by atoms with Crippen molar-refractivity contribution < 1.29 is 14.3 Å². The molecule has 0 aromatic heterocycles. The van der Waals surface area contributed by atoms with E-state index < -0.39 is 0 Å². The molecule has 2 aromatic carbocycles. The van der Waals surface area contributed by atoms with E-state index >= 15 is 0 Å². The molecule has 0 unspecified atom stereocenters. The molecule has 0 bridgehead atoms. The Bertz CT molecular complexity index is 814. The molecule has 3 rings (SSSR count). The van der Waals surface area contributed by atoms with Crippen LogP contribution in [0.15, 0.2) is 48.5 Å². The van der Waals surface area contributed by atoms with Crippen molar-refractivity contribution in [2.45, 2.75) is 19.4 Å². The molecular weight excluding hydrogens is 354 g/mol. The number of anilines is 1. The number of hydrogen-bond acceptors (Lipinski definition) is 4. The van der Waals surface area contributed by atoms with Crippen LogP contribution in [0, 0.1) is 5.92 Å². The predicted molar refractivity (Wildman–Crippen MR) is 109 cm³/mol. The first kappa shape index (κ1) is 19.9. The Morgan fingerprint density at radius 1 is 1.11 bits per heavy atom. The van der Waals surface area contributed by atoms with Gasteiger partial charge in [-0.05, 0) is 68.9 Å². The average Bonchev–Trinajstić information content (AvgIpc) is 3.52. The first-order valence-electron chi connectivity index (χ1n) is 9.57. The van der Waals surface area contributed by atoms with Crippen LogP contribution >= 0.6 is 0 Å². The lowest BCUT2D eigenvalue weighted by Crippen LogP contribution is -2.23. The second-order valence-electron chi connectivity index (χ2n) is 7.32. The van der Waals surface area contributed by atoms with Gasteiger partial charge >= 0.3 is 0 Å². The van der Waals surface area contributed by atoms with Gasteiger partial charge in [0.1, 0.15) is 12.4 Å². The number of nitrogens with zero attached hydrogens (tertiary/aromatic N) is 1. The molecule has 1 aliphatic rings. The van der Waals surface area contributed by atoms with E-state index in [9.17, 15) is 9.59 Å². The number of benzene rings is 2. The molecule has 0 spiro atoms. The molecule has 0 radical (unpaired) electrons. The lowest BCUT2D eigenvalue weighted by atomic mass is 10.1. The summed E-state index contributed by atoms with van der Waals surface area (Å²) in [5.41, 5.74) is 2.25. The Morgan fingerprint density at radius 3 is 2.54 bits per heavy atom. The highest BCUT2D eigenvalue weighted by Crippen LogP contribution is 2.30. The third-order valence-electron chi connectivity index (χ3n) is 4.52. The van der Waals surface area contributed by atoms with Crippen molar-refractivity contribution in [2.24, 2.45) is 5.92 Å². The Hall–Kier alpha value is -2.86. The molecule has 148 valence electrons. The Labute approximate surface area is 165 Å². The van der Waals surface area contributed by atoms with Gasteiger partial charge in [0.15, 0.2) is 0 Å². The van der Waals surface area contributed by atoms with E-state index in [0.717, 1.165) is 36.4 Å². The predicted octanol–water partition coefficient (Wildman–Crippen LogP) is 2.91. The highest BCUT2D eigenvalue weighted by atomic mass is 16.5. The molecule has 6 heteroatoms. The molecule has 2 N–H and O–H groups in total. The van der Waals surface area contributed by atoms with E-state index in [-0.39, 0.29) is 17.7 Å². The zero-order valence-electron chi connectivity index (χ0n) is 16.4. The second kappa shape index (κ2) is 9.37. The number of carbonyl (C=O) groups is 2. The van der Waals surface area contributed by atoms with E-state index in [0.29, 0.717) is 18.7 Å². The van der Waals surface area contributed by atoms with Gasteiger partial charge in [-0.3, -0.25) is 9.59 Å². The highest BCUT2D eigenvalue weighted by Gasteiger charge is 2.29. The molecule has 0 heterocycles. The van der Waals surface area contributed by atoms with Gasteiger partial charge in [0, 0.05) is 30.3 Å². The van der Waals surface area contributed by atoms with Crippen molar-refractivity contribution in [2.75, 3.05) is 32.6 Å². The van der Waals surface area contributed by atoms with Gasteiger partial charge in [-0.2, -0.15) is 0 Å². The van der Waals surface area contributed by atoms with Crippen molar-refractivity contribution in [1.29, 1.82) is 0 Å². The van der Waals surface area contributed by atoms with Gasteiger partial charge in [-0.25, -0.2) is 0 Å². The molecule has 1 aliphatic carbocycles. The van der Waals surface area contributed by atoms with Crippen molar-refractivity contribution in [3.8, 4) is 5.75 Å². The second-order valence-corrected chi connectivity index (χ2v) is 7.32. The smallest absolute Gasteiger partial charge is 0.251 e. The zero-order valence-corrected chi connectivity index (χ0v) is 16.4. The molecule has 28 heavy (non-hydrogen) atoms. The van der Waals surface area contributed by atoms with Crippen LogP contribution in [0.2, 0.25) is 0 Å². The maximum absolute atomic E-state index is 12.4. The summed E-state index contributed by atoms with van der Waals surface area (Å²) >= 11 is 0. The number of hydrogen-bond donors (Lipinski definition) is 2. The monoisotopic (exact) mass is 381 g/mol. The first-order valence-corrected chi connectivity index (χ1v) is 9.57. The third kappa shape index (κ3) is 6.09. The molecule has 0 aliphatic heterocycles. The van der Waals surface area contributed by atoms with Crippen molar-refractivity contribution >= 4 is 17.5 Å². The Kier molecular flexibility index (Phi) is 6.66. The lowest BCUT2D eigenvalue weighted by Gasteiger charge is -2.12. The number of likely N-dealkylation sites (N-methyl/N-ethyl adjacent to an activating group) is 1. The van der Waals surface area contributed by atoms with E-state index in [1.165, 1.54) is 0 Å². The molecule has 2 aromatic rings. The number of ether oxygens (including phenoxy) is 1. The van der Waals surface area contributed by atoms with Gasteiger partial charge in [-0.1, -0.05) is 12.1 Å². The van der Waals surface area contributed by atoms with Crippen LogP contribution in [0.3, 0.4) is 0 Å². The van der Waals surface area contributed by atoms with Gasteiger partial charge < -0.3 is 20.3 Å². The van der Waals surface area contributed by atoms with Gasteiger partial charge in [0.05, 0.1) is 0 Å². The highest BCUT2D eigenvalue weighted by molar-refractivity contribution is 5.96.